The van der Waals surface area contributed by atoms with Gasteiger partial charge in [-0.2, -0.15) is 0 Å². The zero-order valence-electron chi connectivity index (χ0n) is 17.3. The fourth-order valence-corrected chi connectivity index (χ4v) is 4.65. The summed E-state index contributed by atoms with van der Waals surface area (Å²) in [6, 6.07) is 15.8. The number of nitrogens with zero attached hydrogens (tertiary/aromatic N) is 2. The second-order valence-corrected chi connectivity index (χ2v) is 8.03. The van der Waals surface area contributed by atoms with Crippen LogP contribution in [-0.2, 0) is 13.0 Å². The van der Waals surface area contributed by atoms with E-state index in [4.69, 9.17) is 5.21 Å². The van der Waals surface area contributed by atoms with E-state index < -0.39 is 5.91 Å². The van der Waals surface area contributed by atoms with E-state index in [0.717, 1.165) is 44.5 Å². The zero-order valence-corrected chi connectivity index (χ0v) is 17.3. The summed E-state index contributed by atoms with van der Waals surface area (Å²) in [7, 11) is 0. The molecule has 1 amide bonds. The molecule has 1 saturated heterocycles. The number of para-hydroxylation sites is 1. The lowest BCUT2D eigenvalue weighted by Gasteiger charge is -2.23. The number of hydrogen-bond donors (Lipinski definition) is 2. The van der Waals surface area contributed by atoms with E-state index in [-0.39, 0.29) is 12.7 Å². The summed E-state index contributed by atoms with van der Waals surface area (Å²) in [4.78, 5) is 13.8. The van der Waals surface area contributed by atoms with Crippen LogP contribution in [0.2, 0.25) is 0 Å². The predicted octanol–water partition coefficient (Wildman–Crippen LogP) is 4.09. The topological polar surface area (TPSA) is 57.5 Å². The van der Waals surface area contributed by atoms with Gasteiger partial charge in [-0.1, -0.05) is 30.3 Å². The van der Waals surface area contributed by atoms with Gasteiger partial charge in [0.15, 0.2) is 0 Å². The number of likely N-dealkylation sites (tertiary alicyclic amines) is 1. The molecule has 3 aromatic rings. The minimum Gasteiger partial charge on any atom is -0.343 e. The molecule has 2 aromatic carbocycles. The number of hydroxylamine groups is 1. The maximum Gasteiger partial charge on any atom is 0.274 e. The van der Waals surface area contributed by atoms with Crippen molar-refractivity contribution in [3.05, 3.63) is 70.9 Å². The van der Waals surface area contributed by atoms with Gasteiger partial charge in [0.2, 0.25) is 0 Å². The van der Waals surface area contributed by atoms with Crippen LogP contribution in [0.4, 0.5) is 4.39 Å². The first-order valence-electron chi connectivity index (χ1n) is 10.5. The van der Waals surface area contributed by atoms with E-state index in [1.54, 1.807) is 17.6 Å². The van der Waals surface area contributed by atoms with Crippen molar-refractivity contribution >= 4 is 16.8 Å². The van der Waals surface area contributed by atoms with Crippen LogP contribution < -0.4 is 5.48 Å². The SMILES string of the molecule is Cc1c(Cc2ccc(C(=O)NO)cc2)c2ccccc2n1CCN1CCC[C@H]1CF. The monoisotopic (exact) mass is 409 g/mol. The highest BCUT2D eigenvalue weighted by molar-refractivity contribution is 5.93. The minimum absolute atomic E-state index is 0.0706. The van der Waals surface area contributed by atoms with E-state index in [0.29, 0.717) is 5.56 Å². The number of amides is 1. The first kappa shape index (κ1) is 20.6. The molecule has 0 radical (unpaired) electrons. The van der Waals surface area contributed by atoms with Crippen LogP contribution in [-0.4, -0.2) is 46.4 Å². The van der Waals surface area contributed by atoms with Gasteiger partial charge in [0.25, 0.3) is 5.91 Å². The molecule has 5 nitrogen and oxygen atoms in total. The first-order valence-corrected chi connectivity index (χ1v) is 10.5. The van der Waals surface area contributed by atoms with Gasteiger partial charge in [-0.15, -0.1) is 0 Å². The number of hydrogen-bond acceptors (Lipinski definition) is 3. The highest BCUT2D eigenvalue weighted by Crippen LogP contribution is 2.29. The lowest BCUT2D eigenvalue weighted by Crippen LogP contribution is -2.33. The molecule has 1 atom stereocenters. The van der Waals surface area contributed by atoms with Gasteiger partial charge in [0, 0.05) is 41.3 Å². The quantitative estimate of drug-likeness (QED) is 0.456. The summed E-state index contributed by atoms with van der Waals surface area (Å²) >= 11 is 0. The third-order valence-electron chi connectivity index (χ3n) is 6.35. The Bertz CT molecular complexity index is 1030. The lowest BCUT2D eigenvalue weighted by molar-refractivity contribution is 0.0706. The fraction of sp³-hybridized carbons (Fsp3) is 0.375. The van der Waals surface area contributed by atoms with E-state index in [9.17, 15) is 9.18 Å². The molecule has 0 aliphatic carbocycles. The Kier molecular flexibility index (Phi) is 6.16. The van der Waals surface area contributed by atoms with Crippen LogP contribution in [0.25, 0.3) is 10.9 Å². The molecular weight excluding hydrogens is 381 g/mol. The normalized spacial score (nSPS) is 17.0. The number of benzene rings is 2. The Balaban J connectivity index is 1.59. The summed E-state index contributed by atoms with van der Waals surface area (Å²) in [6.07, 6.45) is 2.80. The van der Waals surface area contributed by atoms with Crippen molar-refractivity contribution in [1.82, 2.24) is 14.9 Å². The molecule has 0 saturated carbocycles. The maximum absolute atomic E-state index is 13.3. The molecule has 30 heavy (non-hydrogen) atoms. The molecule has 158 valence electrons. The number of halogens is 1. The molecule has 6 heteroatoms. The van der Waals surface area contributed by atoms with Crippen LogP contribution in [0.5, 0.6) is 0 Å². The third-order valence-corrected chi connectivity index (χ3v) is 6.35. The fourth-order valence-electron chi connectivity index (χ4n) is 4.65. The lowest BCUT2D eigenvalue weighted by atomic mass is 10.0. The van der Waals surface area contributed by atoms with Crippen molar-refractivity contribution in [1.29, 1.82) is 0 Å². The summed E-state index contributed by atoms with van der Waals surface area (Å²) in [5, 5.41) is 10.0. The van der Waals surface area contributed by atoms with E-state index in [2.05, 4.69) is 40.7 Å². The first-order chi connectivity index (χ1) is 14.6. The minimum atomic E-state index is -0.511. The Hall–Kier alpha value is -2.70. The van der Waals surface area contributed by atoms with Gasteiger partial charge in [-0.3, -0.25) is 14.9 Å². The van der Waals surface area contributed by atoms with Crippen molar-refractivity contribution in [3.63, 3.8) is 0 Å². The van der Waals surface area contributed by atoms with Crippen LogP contribution in [0.3, 0.4) is 0 Å². The average Bonchev–Trinajstić information content (AvgIpc) is 3.35. The second kappa shape index (κ2) is 8.98. The largest absolute Gasteiger partial charge is 0.343 e. The Morgan fingerprint density at radius 2 is 1.93 bits per heavy atom. The molecule has 0 bridgehead atoms. The summed E-state index contributed by atoms with van der Waals surface area (Å²) in [5.74, 6) is -0.511. The van der Waals surface area contributed by atoms with Gasteiger partial charge in [-0.05, 0) is 62.1 Å². The zero-order chi connectivity index (χ0) is 21.1. The van der Waals surface area contributed by atoms with Crippen LogP contribution in [0.15, 0.2) is 48.5 Å². The van der Waals surface area contributed by atoms with Crippen LogP contribution in [0, 0.1) is 6.92 Å². The summed E-state index contributed by atoms with van der Waals surface area (Å²) < 4.78 is 15.6. The van der Waals surface area contributed by atoms with Crippen molar-refractivity contribution in [3.8, 4) is 0 Å². The molecule has 1 aromatic heterocycles. The molecule has 2 N–H and O–H groups in total. The highest BCUT2D eigenvalue weighted by Gasteiger charge is 2.24. The molecule has 4 rings (SSSR count). The van der Waals surface area contributed by atoms with Gasteiger partial charge in [0.1, 0.15) is 6.67 Å². The standard InChI is InChI=1S/C24H28FN3O2/c1-17-22(15-18-8-10-19(11-9-18)24(29)26-30)21-6-2-3-7-23(21)28(17)14-13-27-12-4-5-20(27)16-25/h2-3,6-11,20,30H,4-5,12-16H2,1H3,(H,26,29)/t20-/m0/s1. The average molecular weight is 410 g/mol. The van der Waals surface area contributed by atoms with Crippen molar-refractivity contribution in [2.24, 2.45) is 0 Å². The predicted molar refractivity (Wildman–Crippen MR) is 116 cm³/mol. The number of alkyl halides is 1. The number of fused-ring (bicyclic) bond motifs is 1. The number of carbonyl (C=O) groups excluding carboxylic acids is 1. The molecular formula is C24H28FN3O2. The Labute approximate surface area is 176 Å². The number of rotatable bonds is 7. The Morgan fingerprint density at radius 1 is 1.17 bits per heavy atom. The van der Waals surface area contributed by atoms with Gasteiger partial charge < -0.3 is 4.57 Å². The van der Waals surface area contributed by atoms with E-state index in [1.165, 1.54) is 22.2 Å². The van der Waals surface area contributed by atoms with Gasteiger partial charge in [0.05, 0.1) is 0 Å². The van der Waals surface area contributed by atoms with E-state index >= 15 is 0 Å². The van der Waals surface area contributed by atoms with Crippen molar-refractivity contribution < 1.29 is 14.4 Å². The Morgan fingerprint density at radius 3 is 2.67 bits per heavy atom. The molecule has 0 unspecified atom stereocenters. The van der Waals surface area contributed by atoms with Crippen molar-refractivity contribution in [2.45, 2.75) is 38.8 Å². The van der Waals surface area contributed by atoms with Gasteiger partial charge >= 0.3 is 0 Å². The highest BCUT2D eigenvalue weighted by atomic mass is 19.1. The maximum atomic E-state index is 13.3. The van der Waals surface area contributed by atoms with Gasteiger partial charge in [-0.25, -0.2) is 9.87 Å². The van der Waals surface area contributed by atoms with Crippen LogP contribution in [0.1, 0.15) is 40.0 Å². The second-order valence-electron chi connectivity index (χ2n) is 8.03. The van der Waals surface area contributed by atoms with Crippen LogP contribution >= 0.6 is 0 Å². The summed E-state index contributed by atoms with van der Waals surface area (Å²) in [5.41, 5.74) is 6.89. The molecule has 1 fully saturated rings. The van der Waals surface area contributed by atoms with E-state index in [1.807, 2.05) is 12.1 Å². The van der Waals surface area contributed by atoms with Crippen molar-refractivity contribution in [2.75, 3.05) is 19.8 Å². The number of aromatic nitrogens is 1. The number of carbonyl (C=O) groups is 1. The molecule has 0 spiro atoms. The smallest absolute Gasteiger partial charge is 0.274 e. The molecule has 2 heterocycles. The number of nitrogens with one attached hydrogen (secondary N) is 1. The third kappa shape index (κ3) is 3.98. The summed E-state index contributed by atoms with van der Waals surface area (Å²) in [6.45, 7) is 4.57. The molecule has 1 aliphatic rings. The molecule has 1 aliphatic heterocycles.